The number of Topliss-reactive ketones (excluding diaryl/α,β-unsaturated/α-hetero) is 1. The van der Waals surface area contributed by atoms with Crippen molar-refractivity contribution in [2.75, 3.05) is 5.88 Å². The van der Waals surface area contributed by atoms with Gasteiger partial charge in [-0.2, -0.15) is 0 Å². The van der Waals surface area contributed by atoms with Gasteiger partial charge < -0.3 is 0 Å². The van der Waals surface area contributed by atoms with Crippen LogP contribution in [0.5, 0.6) is 0 Å². The summed E-state index contributed by atoms with van der Waals surface area (Å²) in [4.78, 5) is 11.4. The van der Waals surface area contributed by atoms with Gasteiger partial charge in [-0.05, 0) is 11.6 Å². The summed E-state index contributed by atoms with van der Waals surface area (Å²) in [5, 5.41) is 0. The molecule has 76 valence electrons. The number of hydrogen-bond donors (Lipinski definition) is 0. The highest BCUT2D eigenvalue weighted by Gasteiger charge is 2.07. The number of halogens is 3. The van der Waals surface area contributed by atoms with Gasteiger partial charge in [-0.25, -0.2) is 4.39 Å². The van der Waals surface area contributed by atoms with Gasteiger partial charge in [0.25, 0.3) is 0 Å². The summed E-state index contributed by atoms with van der Waals surface area (Å²) in [5.74, 6) is 0.285. The third-order valence-corrected chi connectivity index (χ3v) is 2.77. The molecule has 0 bridgehead atoms. The lowest BCUT2D eigenvalue weighted by atomic mass is 10.1. The first-order valence-electron chi connectivity index (χ1n) is 4.12. The molecule has 1 aromatic rings. The minimum absolute atomic E-state index is 0.0221. The molecule has 0 amide bonds. The van der Waals surface area contributed by atoms with Crippen LogP contribution in [-0.2, 0) is 6.67 Å². The summed E-state index contributed by atoms with van der Waals surface area (Å²) in [5.41, 5.74) is 1.11. The third kappa shape index (κ3) is 2.79. The van der Waals surface area contributed by atoms with Crippen LogP contribution in [-0.4, -0.2) is 11.7 Å². The Balaban J connectivity index is 2.91. The van der Waals surface area contributed by atoms with Gasteiger partial charge in [0.2, 0.25) is 0 Å². The molecule has 0 spiro atoms. The molecule has 1 aromatic carbocycles. The molecule has 4 heteroatoms. The zero-order chi connectivity index (χ0) is 10.6. The molecule has 1 nitrogen and oxygen atoms in total. The summed E-state index contributed by atoms with van der Waals surface area (Å²) >= 11 is 8.65. The predicted molar refractivity (Wildman–Crippen MR) is 58.6 cm³/mol. The lowest BCUT2D eigenvalue weighted by Gasteiger charge is -2.02. The van der Waals surface area contributed by atoms with Crippen molar-refractivity contribution in [3.8, 4) is 0 Å². The first kappa shape index (κ1) is 11.7. The Morgan fingerprint density at radius 3 is 2.71 bits per heavy atom. The van der Waals surface area contributed by atoms with E-state index in [1.165, 1.54) is 0 Å². The van der Waals surface area contributed by atoms with Gasteiger partial charge in [0.1, 0.15) is 6.67 Å². The molecule has 0 atom stereocenters. The van der Waals surface area contributed by atoms with E-state index in [9.17, 15) is 9.18 Å². The summed E-state index contributed by atoms with van der Waals surface area (Å²) in [6.07, 6.45) is 0.308. The fraction of sp³-hybridized carbons (Fsp3) is 0.300. The molecule has 0 radical (unpaired) electrons. The minimum Gasteiger partial charge on any atom is -0.294 e. The zero-order valence-corrected chi connectivity index (χ0v) is 9.74. The van der Waals surface area contributed by atoms with Crippen LogP contribution >= 0.6 is 27.5 Å². The SMILES string of the molecule is O=C(CCCl)c1ccc(CF)c(Br)c1. The molecule has 0 aliphatic carbocycles. The van der Waals surface area contributed by atoms with Crippen molar-refractivity contribution < 1.29 is 9.18 Å². The van der Waals surface area contributed by atoms with Gasteiger partial charge in [-0.1, -0.05) is 28.1 Å². The van der Waals surface area contributed by atoms with Crippen LogP contribution < -0.4 is 0 Å². The van der Waals surface area contributed by atoms with Crippen LogP contribution in [0.3, 0.4) is 0 Å². The molecular formula is C10H9BrClFO. The van der Waals surface area contributed by atoms with Crippen molar-refractivity contribution in [3.63, 3.8) is 0 Å². The molecule has 0 fully saturated rings. The van der Waals surface area contributed by atoms with Gasteiger partial charge in [-0.15, -0.1) is 11.6 Å². The second-order valence-electron chi connectivity index (χ2n) is 2.80. The van der Waals surface area contributed by atoms with E-state index in [0.717, 1.165) is 0 Å². The lowest BCUT2D eigenvalue weighted by Crippen LogP contribution is -2.00. The Morgan fingerprint density at radius 2 is 2.21 bits per heavy atom. The fourth-order valence-corrected chi connectivity index (χ4v) is 1.72. The first-order valence-corrected chi connectivity index (χ1v) is 5.45. The second-order valence-corrected chi connectivity index (χ2v) is 4.03. The maximum absolute atomic E-state index is 12.3. The number of benzene rings is 1. The van der Waals surface area contributed by atoms with Crippen LogP contribution in [0.4, 0.5) is 4.39 Å². The van der Waals surface area contributed by atoms with Crippen LogP contribution in [0.1, 0.15) is 22.3 Å². The number of hydrogen-bond acceptors (Lipinski definition) is 1. The van der Waals surface area contributed by atoms with E-state index < -0.39 is 6.67 Å². The summed E-state index contributed by atoms with van der Waals surface area (Å²) in [6, 6.07) is 4.85. The van der Waals surface area contributed by atoms with Crippen LogP contribution in [0.25, 0.3) is 0 Å². The largest absolute Gasteiger partial charge is 0.294 e. The third-order valence-electron chi connectivity index (χ3n) is 1.84. The number of carbonyl (C=O) groups is 1. The summed E-state index contributed by atoms with van der Waals surface area (Å²) in [6.45, 7) is -0.537. The molecule has 0 aliphatic rings. The molecule has 14 heavy (non-hydrogen) atoms. The van der Waals surface area contributed by atoms with Gasteiger partial charge in [0.05, 0.1) is 0 Å². The van der Waals surface area contributed by atoms with Crippen molar-refractivity contribution in [1.29, 1.82) is 0 Å². The number of carbonyl (C=O) groups excluding carboxylic acids is 1. The monoisotopic (exact) mass is 278 g/mol. The van der Waals surface area contributed by atoms with E-state index in [0.29, 0.717) is 27.9 Å². The van der Waals surface area contributed by atoms with Gasteiger partial charge in [-0.3, -0.25) is 4.79 Å². The van der Waals surface area contributed by atoms with Crippen molar-refractivity contribution in [2.45, 2.75) is 13.1 Å². The zero-order valence-electron chi connectivity index (χ0n) is 7.40. The average Bonchev–Trinajstić information content (AvgIpc) is 2.18. The molecule has 0 N–H and O–H groups in total. The second kappa shape index (κ2) is 5.47. The van der Waals surface area contributed by atoms with Gasteiger partial charge >= 0.3 is 0 Å². The van der Waals surface area contributed by atoms with E-state index in [1.54, 1.807) is 18.2 Å². The highest BCUT2D eigenvalue weighted by molar-refractivity contribution is 9.10. The van der Waals surface area contributed by atoms with E-state index in [-0.39, 0.29) is 5.78 Å². The maximum Gasteiger partial charge on any atom is 0.164 e. The molecule has 0 heterocycles. The Bertz CT molecular complexity index is 341. The molecular weight excluding hydrogens is 270 g/mol. The predicted octanol–water partition coefficient (Wildman–Crippen LogP) is 3.73. The summed E-state index contributed by atoms with van der Waals surface area (Å²) < 4.78 is 13.0. The van der Waals surface area contributed by atoms with E-state index in [1.807, 2.05) is 0 Å². The maximum atomic E-state index is 12.3. The highest BCUT2D eigenvalue weighted by atomic mass is 79.9. The molecule has 0 aromatic heterocycles. The van der Waals surface area contributed by atoms with Crippen molar-refractivity contribution >= 4 is 33.3 Å². The topological polar surface area (TPSA) is 17.1 Å². The molecule has 0 unspecified atom stereocenters. The number of alkyl halides is 2. The van der Waals surface area contributed by atoms with Crippen molar-refractivity contribution in [1.82, 2.24) is 0 Å². The van der Waals surface area contributed by atoms with E-state index in [4.69, 9.17) is 11.6 Å². The number of ketones is 1. The first-order chi connectivity index (χ1) is 6.69. The number of rotatable bonds is 4. The van der Waals surface area contributed by atoms with Gasteiger partial charge in [0.15, 0.2) is 5.78 Å². The Labute approximate surface area is 95.4 Å². The Hall–Kier alpha value is -0.410. The van der Waals surface area contributed by atoms with Crippen molar-refractivity contribution in [3.05, 3.63) is 33.8 Å². The van der Waals surface area contributed by atoms with Crippen molar-refractivity contribution in [2.24, 2.45) is 0 Å². The molecule has 0 aliphatic heterocycles. The molecule has 0 saturated carbocycles. The standard InChI is InChI=1S/C10H9BrClFO/c11-9-5-7(10(14)3-4-12)1-2-8(9)6-13/h1-2,5H,3-4,6H2. The summed E-state index contributed by atoms with van der Waals surface area (Å²) in [7, 11) is 0. The van der Waals surface area contributed by atoms with E-state index in [2.05, 4.69) is 15.9 Å². The smallest absolute Gasteiger partial charge is 0.164 e. The lowest BCUT2D eigenvalue weighted by molar-refractivity contribution is 0.0989. The highest BCUT2D eigenvalue weighted by Crippen LogP contribution is 2.20. The Kier molecular flexibility index (Phi) is 4.55. The molecule has 0 saturated heterocycles. The van der Waals surface area contributed by atoms with Crippen LogP contribution in [0.15, 0.2) is 22.7 Å². The Morgan fingerprint density at radius 1 is 1.50 bits per heavy atom. The van der Waals surface area contributed by atoms with E-state index >= 15 is 0 Å². The van der Waals surface area contributed by atoms with Crippen LogP contribution in [0, 0.1) is 0 Å². The minimum atomic E-state index is -0.537. The molecule has 1 rings (SSSR count). The van der Waals surface area contributed by atoms with Gasteiger partial charge in [0, 0.05) is 22.3 Å². The fourth-order valence-electron chi connectivity index (χ4n) is 1.06. The normalized spacial score (nSPS) is 10.2. The average molecular weight is 280 g/mol. The quantitative estimate of drug-likeness (QED) is 0.606. The van der Waals surface area contributed by atoms with Crippen LogP contribution in [0.2, 0.25) is 0 Å².